The normalized spacial score (nSPS) is 38.0. The summed E-state index contributed by atoms with van der Waals surface area (Å²) in [6.45, 7) is 15.1. The van der Waals surface area contributed by atoms with Crippen LogP contribution in [-0.4, -0.2) is 17.1 Å². The average molecular weight is 520 g/mol. The van der Waals surface area contributed by atoms with E-state index in [4.69, 9.17) is 4.74 Å². The molecule has 0 unspecified atom stereocenters. The van der Waals surface area contributed by atoms with Crippen LogP contribution in [0, 0.1) is 52.3 Å². The topological polar surface area (TPSA) is 39.2 Å². The van der Waals surface area contributed by atoms with Crippen LogP contribution in [0.4, 0.5) is 0 Å². The fourth-order valence-electron chi connectivity index (χ4n) is 10.2. The van der Waals surface area contributed by atoms with Gasteiger partial charge in [0.05, 0.1) is 5.56 Å². The standard InChI is InChI=1S/C35H53NO2/c1-7-25(19-23(2)3)20-24(4)30-12-13-31-29-11-10-27-21-28(38-33(37)26-9-8-18-36-22-26)14-16-34(27,5)32(29)15-17-35(30,31)6/h8-10,18,22-25,28-32H,7,11-17,19-21H2,1-6H3/t24-,25+,28+,29+,30+,31+,32+,34+,35-/m1/s1. The van der Waals surface area contributed by atoms with Crippen LogP contribution in [0.3, 0.4) is 0 Å². The van der Waals surface area contributed by atoms with E-state index < -0.39 is 0 Å². The van der Waals surface area contributed by atoms with Gasteiger partial charge in [0.15, 0.2) is 0 Å². The lowest BCUT2D eigenvalue weighted by atomic mass is 9.47. The van der Waals surface area contributed by atoms with Gasteiger partial charge in [0, 0.05) is 18.8 Å². The number of fused-ring (bicyclic) bond motifs is 5. The van der Waals surface area contributed by atoms with Crippen molar-refractivity contribution >= 4 is 5.97 Å². The first-order valence-electron chi connectivity index (χ1n) is 16.0. The molecule has 3 saturated carbocycles. The Morgan fingerprint density at radius 1 is 1.08 bits per heavy atom. The number of carbonyl (C=O) groups is 1. The summed E-state index contributed by atoms with van der Waals surface area (Å²) < 4.78 is 5.98. The van der Waals surface area contributed by atoms with Crippen LogP contribution in [0.2, 0.25) is 0 Å². The maximum Gasteiger partial charge on any atom is 0.339 e. The zero-order valence-electron chi connectivity index (χ0n) is 25.0. The molecule has 3 heteroatoms. The Balaban J connectivity index is 1.26. The number of ether oxygens (including phenoxy) is 1. The largest absolute Gasteiger partial charge is 0.458 e. The molecule has 0 aromatic carbocycles. The lowest BCUT2D eigenvalue weighted by molar-refractivity contribution is -0.0602. The monoisotopic (exact) mass is 519 g/mol. The summed E-state index contributed by atoms with van der Waals surface area (Å²) in [5.41, 5.74) is 2.95. The highest BCUT2D eigenvalue weighted by atomic mass is 16.5. The summed E-state index contributed by atoms with van der Waals surface area (Å²) in [5, 5.41) is 0. The molecule has 0 radical (unpaired) electrons. The third kappa shape index (κ3) is 5.13. The number of aromatic nitrogens is 1. The van der Waals surface area contributed by atoms with Gasteiger partial charge in [-0.15, -0.1) is 0 Å². The highest BCUT2D eigenvalue weighted by Gasteiger charge is 2.59. The van der Waals surface area contributed by atoms with Gasteiger partial charge in [0.1, 0.15) is 6.10 Å². The van der Waals surface area contributed by atoms with E-state index in [1.807, 2.05) is 0 Å². The average Bonchev–Trinajstić information content (AvgIpc) is 3.26. The zero-order valence-corrected chi connectivity index (χ0v) is 25.0. The second-order valence-corrected chi connectivity index (χ2v) is 14.6. The molecule has 4 aliphatic carbocycles. The Bertz CT molecular complexity index is 1000. The highest BCUT2D eigenvalue weighted by molar-refractivity contribution is 5.89. The highest BCUT2D eigenvalue weighted by Crippen LogP contribution is 2.67. The summed E-state index contributed by atoms with van der Waals surface area (Å²) in [5.74, 6) is 5.75. The van der Waals surface area contributed by atoms with Crippen molar-refractivity contribution in [3.63, 3.8) is 0 Å². The molecule has 1 aromatic rings. The minimum absolute atomic E-state index is 0.00139. The number of hydrogen-bond donors (Lipinski definition) is 0. The maximum absolute atomic E-state index is 12.7. The molecule has 210 valence electrons. The minimum Gasteiger partial charge on any atom is -0.458 e. The SMILES string of the molecule is CC[C@@H](CC(C)C)C[C@@H](C)[C@@H]1CC[C@H]2[C@@H]3CC=C4C[C@@H](OC(=O)c5cccnc5)CC[C@]4(C)[C@H]3CC[C@@]21C. The Kier molecular flexibility index (Phi) is 8.14. The molecule has 4 aliphatic rings. The molecular formula is C35H53NO2. The predicted octanol–water partition coefficient (Wildman–Crippen LogP) is 9.28. The fourth-order valence-corrected chi connectivity index (χ4v) is 10.2. The Labute approximate surface area is 232 Å². The molecule has 0 aliphatic heterocycles. The van der Waals surface area contributed by atoms with Crippen molar-refractivity contribution in [2.75, 3.05) is 0 Å². The second-order valence-electron chi connectivity index (χ2n) is 14.6. The second kappa shape index (κ2) is 11.1. The number of carbonyl (C=O) groups excluding carboxylic acids is 1. The molecule has 0 bridgehead atoms. The van der Waals surface area contributed by atoms with Gasteiger partial charge < -0.3 is 4.74 Å². The van der Waals surface area contributed by atoms with Gasteiger partial charge in [-0.2, -0.15) is 0 Å². The summed E-state index contributed by atoms with van der Waals surface area (Å²) in [6.07, 6.45) is 20.1. The van der Waals surface area contributed by atoms with E-state index in [0.717, 1.165) is 60.7 Å². The Hall–Kier alpha value is -1.64. The van der Waals surface area contributed by atoms with Gasteiger partial charge in [-0.05, 0) is 122 Å². The Morgan fingerprint density at radius 2 is 1.89 bits per heavy atom. The number of esters is 1. The number of hydrogen-bond acceptors (Lipinski definition) is 3. The first-order chi connectivity index (χ1) is 18.2. The van der Waals surface area contributed by atoms with Crippen molar-refractivity contribution in [2.45, 2.75) is 118 Å². The van der Waals surface area contributed by atoms with E-state index in [0.29, 0.717) is 11.0 Å². The van der Waals surface area contributed by atoms with E-state index in [1.54, 1.807) is 30.1 Å². The molecule has 1 aromatic heterocycles. The van der Waals surface area contributed by atoms with Crippen molar-refractivity contribution in [3.8, 4) is 0 Å². The number of rotatable bonds is 8. The number of allylic oxidation sites excluding steroid dienone is 1. The first kappa shape index (κ1) is 27.9. The van der Waals surface area contributed by atoms with Crippen molar-refractivity contribution < 1.29 is 9.53 Å². The first-order valence-corrected chi connectivity index (χ1v) is 16.0. The van der Waals surface area contributed by atoms with Crippen molar-refractivity contribution in [1.82, 2.24) is 4.98 Å². The fraction of sp³-hybridized carbons (Fsp3) is 0.771. The molecular weight excluding hydrogens is 466 g/mol. The van der Waals surface area contributed by atoms with Crippen LogP contribution in [0.1, 0.15) is 123 Å². The molecule has 0 saturated heterocycles. The van der Waals surface area contributed by atoms with Crippen molar-refractivity contribution in [2.24, 2.45) is 52.3 Å². The lowest BCUT2D eigenvalue weighted by Crippen LogP contribution is -2.51. The molecule has 1 heterocycles. The van der Waals surface area contributed by atoms with Crippen LogP contribution >= 0.6 is 0 Å². The van der Waals surface area contributed by atoms with Crippen molar-refractivity contribution in [1.29, 1.82) is 0 Å². The van der Waals surface area contributed by atoms with Crippen LogP contribution in [0.15, 0.2) is 36.2 Å². The molecule has 0 spiro atoms. The lowest BCUT2D eigenvalue weighted by Gasteiger charge is -2.58. The number of nitrogens with zero attached hydrogens (tertiary/aromatic N) is 1. The van der Waals surface area contributed by atoms with E-state index in [2.05, 4.69) is 52.6 Å². The van der Waals surface area contributed by atoms with Gasteiger partial charge in [-0.1, -0.05) is 59.6 Å². The Morgan fingerprint density at radius 3 is 2.61 bits per heavy atom. The smallest absolute Gasteiger partial charge is 0.339 e. The summed E-state index contributed by atoms with van der Waals surface area (Å²) in [4.78, 5) is 16.8. The van der Waals surface area contributed by atoms with E-state index in [1.165, 1.54) is 51.4 Å². The third-order valence-corrected chi connectivity index (χ3v) is 12.1. The molecule has 5 rings (SSSR count). The van der Waals surface area contributed by atoms with E-state index >= 15 is 0 Å². The molecule has 9 atom stereocenters. The van der Waals surface area contributed by atoms with E-state index in [-0.39, 0.29) is 17.5 Å². The van der Waals surface area contributed by atoms with Gasteiger partial charge in [-0.25, -0.2) is 4.79 Å². The van der Waals surface area contributed by atoms with Crippen molar-refractivity contribution in [3.05, 3.63) is 41.7 Å². The summed E-state index contributed by atoms with van der Waals surface area (Å²) in [7, 11) is 0. The predicted molar refractivity (Wildman–Crippen MR) is 156 cm³/mol. The zero-order chi connectivity index (χ0) is 27.1. The summed E-state index contributed by atoms with van der Waals surface area (Å²) >= 11 is 0. The molecule has 0 amide bonds. The van der Waals surface area contributed by atoms with E-state index in [9.17, 15) is 4.79 Å². The third-order valence-electron chi connectivity index (χ3n) is 12.1. The van der Waals surface area contributed by atoms with Gasteiger partial charge in [0.2, 0.25) is 0 Å². The minimum atomic E-state index is -0.223. The molecule has 3 nitrogen and oxygen atoms in total. The van der Waals surface area contributed by atoms with Crippen LogP contribution < -0.4 is 0 Å². The molecule has 0 N–H and O–H groups in total. The van der Waals surface area contributed by atoms with Crippen LogP contribution in [0.25, 0.3) is 0 Å². The summed E-state index contributed by atoms with van der Waals surface area (Å²) in [6, 6.07) is 3.60. The van der Waals surface area contributed by atoms with Gasteiger partial charge in [0.25, 0.3) is 0 Å². The molecule has 38 heavy (non-hydrogen) atoms. The van der Waals surface area contributed by atoms with Crippen LogP contribution in [0.5, 0.6) is 0 Å². The molecule has 3 fully saturated rings. The maximum atomic E-state index is 12.7. The quantitative estimate of drug-likeness (QED) is 0.254. The van der Waals surface area contributed by atoms with Gasteiger partial charge in [-0.3, -0.25) is 4.98 Å². The number of pyridine rings is 1. The van der Waals surface area contributed by atoms with Gasteiger partial charge >= 0.3 is 5.97 Å². The van der Waals surface area contributed by atoms with Crippen LogP contribution in [-0.2, 0) is 4.74 Å².